The molecule has 1 N–H and O–H groups in total. The number of nitrogens with zero attached hydrogens (tertiary/aromatic N) is 1. The van der Waals surface area contributed by atoms with Gasteiger partial charge in [0.05, 0.1) is 0 Å². The molecule has 2 rings (SSSR count). The summed E-state index contributed by atoms with van der Waals surface area (Å²) in [6.45, 7) is 6.57. The molecule has 0 radical (unpaired) electrons. The number of nitrogens with one attached hydrogen (secondary N) is 1. The zero-order valence-corrected chi connectivity index (χ0v) is 13.5. The Kier molecular flexibility index (Phi) is 6.80. The Morgan fingerprint density at radius 2 is 2.20 bits per heavy atom. The first kappa shape index (κ1) is 17.3. The Bertz CT molecular complexity index is 453. The summed E-state index contributed by atoms with van der Waals surface area (Å²) in [5.74, 6) is 0.207. The van der Waals surface area contributed by atoms with Crippen LogP contribution in [0.1, 0.15) is 19.4 Å². The largest absolute Gasteiger partial charge is 0.340 e. The van der Waals surface area contributed by atoms with Gasteiger partial charge >= 0.3 is 0 Å². The average molecular weight is 317 g/mol. The average Bonchev–Trinajstić information content (AvgIpc) is 2.40. The fourth-order valence-electron chi connectivity index (χ4n) is 2.53. The SMILES string of the molecule is CC(Cc1ccccc1Cl)C(=O)N1CCN[C@H](C)C1.Cl. The maximum atomic E-state index is 12.4. The first-order valence-corrected chi connectivity index (χ1v) is 7.21. The summed E-state index contributed by atoms with van der Waals surface area (Å²) in [5, 5.41) is 4.10. The number of amides is 1. The molecule has 1 unspecified atom stereocenters. The predicted octanol–water partition coefficient (Wildman–Crippen LogP) is 2.76. The summed E-state index contributed by atoms with van der Waals surface area (Å²) in [6.07, 6.45) is 0.705. The quantitative estimate of drug-likeness (QED) is 0.930. The van der Waals surface area contributed by atoms with Crippen molar-refractivity contribution in [2.75, 3.05) is 19.6 Å². The minimum Gasteiger partial charge on any atom is -0.340 e. The topological polar surface area (TPSA) is 32.3 Å². The van der Waals surface area contributed by atoms with Crippen LogP contribution in [0.4, 0.5) is 0 Å². The molecule has 0 aromatic heterocycles. The third-order valence-corrected chi connectivity index (χ3v) is 3.95. The number of piperazine rings is 1. The number of hydrogen-bond donors (Lipinski definition) is 1. The van der Waals surface area contributed by atoms with E-state index < -0.39 is 0 Å². The van der Waals surface area contributed by atoms with E-state index in [-0.39, 0.29) is 24.2 Å². The second-order valence-corrected chi connectivity index (χ2v) is 5.74. The van der Waals surface area contributed by atoms with Crippen molar-refractivity contribution in [1.29, 1.82) is 0 Å². The van der Waals surface area contributed by atoms with Gasteiger partial charge in [0.1, 0.15) is 0 Å². The molecule has 5 heteroatoms. The van der Waals surface area contributed by atoms with E-state index in [1.54, 1.807) is 0 Å². The van der Waals surface area contributed by atoms with Gasteiger partial charge in [0, 0.05) is 36.6 Å². The van der Waals surface area contributed by atoms with Crippen molar-refractivity contribution in [3.8, 4) is 0 Å². The van der Waals surface area contributed by atoms with E-state index in [2.05, 4.69) is 12.2 Å². The van der Waals surface area contributed by atoms with Crippen LogP contribution in [0.5, 0.6) is 0 Å². The highest BCUT2D eigenvalue weighted by molar-refractivity contribution is 6.31. The number of rotatable bonds is 3. The maximum absolute atomic E-state index is 12.4. The number of carbonyl (C=O) groups excluding carboxylic acids is 1. The maximum Gasteiger partial charge on any atom is 0.225 e. The highest BCUT2D eigenvalue weighted by Crippen LogP contribution is 2.20. The third kappa shape index (κ3) is 4.37. The first-order valence-electron chi connectivity index (χ1n) is 6.83. The van der Waals surface area contributed by atoms with Gasteiger partial charge in [-0.25, -0.2) is 0 Å². The zero-order chi connectivity index (χ0) is 13.8. The summed E-state index contributed by atoms with van der Waals surface area (Å²) >= 11 is 6.15. The van der Waals surface area contributed by atoms with Gasteiger partial charge < -0.3 is 10.2 Å². The Labute approximate surface area is 132 Å². The molecule has 20 heavy (non-hydrogen) atoms. The Morgan fingerprint density at radius 1 is 1.50 bits per heavy atom. The number of benzene rings is 1. The van der Waals surface area contributed by atoms with Crippen LogP contribution in [-0.4, -0.2) is 36.5 Å². The van der Waals surface area contributed by atoms with Crippen molar-refractivity contribution in [3.63, 3.8) is 0 Å². The molecule has 2 atom stereocenters. The van der Waals surface area contributed by atoms with Crippen LogP contribution in [0.2, 0.25) is 5.02 Å². The van der Waals surface area contributed by atoms with Crippen molar-refractivity contribution in [2.24, 2.45) is 5.92 Å². The van der Waals surface area contributed by atoms with E-state index in [0.717, 1.165) is 30.2 Å². The van der Waals surface area contributed by atoms with Crippen LogP contribution in [0, 0.1) is 5.92 Å². The fourth-order valence-corrected chi connectivity index (χ4v) is 2.74. The van der Waals surface area contributed by atoms with Gasteiger partial charge in [-0.3, -0.25) is 4.79 Å². The second-order valence-electron chi connectivity index (χ2n) is 5.34. The Balaban J connectivity index is 0.00000200. The molecule has 112 valence electrons. The monoisotopic (exact) mass is 316 g/mol. The summed E-state index contributed by atoms with van der Waals surface area (Å²) in [5.41, 5.74) is 1.05. The Morgan fingerprint density at radius 3 is 2.85 bits per heavy atom. The normalized spacial score (nSPS) is 20.1. The highest BCUT2D eigenvalue weighted by atomic mass is 35.5. The van der Waals surface area contributed by atoms with Crippen LogP contribution >= 0.6 is 24.0 Å². The molecule has 0 bridgehead atoms. The van der Waals surface area contributed by atoms with Crippen LogP contribution in [0.3, 0.4) is 0 Å². The van der Waals surface area contributed by atoms with Crippen molar-refractivity contribution in [2.45, 2.75) is 26.3 Å². The van der Waals surface area contributed by atoms with Gasteiger partial charge in [0.25, 0.3) is 0 Å². The number of hydrogen-bond acceptors (Lipinski definition) is 2. The van der Waals surface area contributed by atoms with Crippen LogP contribution in [0.25, 0.3) is 0 Å². The molecule has 1 aliphatic heterocycles. The molecular formula is C15H22Cl2N2O. The molecule has 1 saturated heterocycles. The number of halogens is 2. The van der Waals surface area contributed by atoms with E-state index in [1.165, 1.54) is 0 Å². The van der Waals surface area contributed by atoms with Crippen molar-refractivity contribution in [3.05, 3.63) is 34.9 Å². The molecule has 1 amide bonds. The van der Waals surface area contributed by atoms with E-state index in [9.17, 15) is 4.79 Å². The van der Waals surface area contributed by atoms with E-state index in [4.69, 9.17) is 11.6 Å². The highest BCUT2D eigenvalue weighted by Gasteiger charge is 2.25. The lowest BCUT2D eigenvalue weighted by molar-refractivity contribution is -0.136. The molecule has 1 aromatic carbocycles. The van der Waals surface area contributed by atoms with Crippen molar-refractivity contribution in [1.82, 2.24) is 10.2 Å². The molecule has 1 aromatic rings. The van der Waals surface area contributed by atoms with Crippen LogP contribution < -0.4 is 5.32 Å². The minimum atomic E-state index is -0.0230. The van der Waals surface area contributed by atoms with Gasteiger partial charge in [-0.05, 0) is 25.0 Å². The molecule has 3 nitrogen and oxygen atoms in total. The zero-order valence-electron chi connectivity index (χ0n) is 11.9. The van der Waals surface area contributed by atoms with Gasteiger partial charge in [-0.1, -0.05) is 36.7 Å². The standard InChI is InChI=1S/C15H21ClN2O.ClH/c1-11(9-13-5-3-4-6-14(13)16)15(19)18-8-7-17-12(2)10-18;/h3-6,11-12,17H,7-10H2,1-2H3;1H/t11?,12-;/m1./s1. The van der Waals surface area contributed by atoms with E-state index >= 15 is 0 Å². The lowest BCUT2D eigenvalue weighted by Gasteiger charge is -2.33. The smallest absolute Gasteiger partial charge is 0.225 e. The first-order chi connectivity index (χ1) is 9.08. The summed E-state index contributed by atoms with van der Waals surface area (Å²) in [6, 6.07) is 8.12. The van der Waals surface area contributed by atoms with E-state index in [1.807, 2.05) is 36.1 Å². The molecule has 0 aliphatic carbocycles. The predicted molar refractivity (Wildman–Crippen MR) is 85.6 cm³/mol. The third-order valence-electron chi connectivity index (χ3n) is 3.59. The van der Waals surface area contributed by atoms with Gasteiger partial charge in [-0.15, -0.1) is 12.4 Å². The Hall–Kier alpha value is -0.770. The molecule has 0 spiro atoms. The van der Waals surface area contributed by atoms with Gasteiger partial charge in [-0.2, -0.15) is 0 Å². The lowest BCUT2D eigenvalue weighted by atomic mass is 9.99. The summed E-state index contributed by atoms with van der Waals surface area (Å²) in [7, 11) is 0. The van der Waals surface area contributed by atoms with Crippen LogP contribution in [0.15, 0.2) is 24.3 Å². The molecule has 1 heterocycles. The molecule has 1 aliphatic rings. The van der Waals surface area contributed by atoms with Gasteiger partial charge in [0.15, 0.2) is 0 Å². The lowest BCUT2D eigenvalue weighted by Crippen LogP contribution is -2.52. The minimum absolute atomic E-state index is 0. The molecule has 1 fully saturated rings. The van der Waals surface area contributed by atoms with Crippen LogP contribution in [-0.2, 0) is 11.2 Å². The fraction of sp³-hybridized carbons (Fsp3) is 0.533. The van der Waals surface area contributed by atoms with Crippen molar-refractivity contribution < 1.29 is 4.79 Å². The second kappa shape index (κ2) is 7.87. The molecule has 0 saturated carbocycles. The van der Waals surface area contributed by atoms with Crippen molar-refractivity contribution >= 4 is 29.9 Å². The van der Waals surface area contributed by atoms with Gasteiger partial charge in [0.2, 0.25) is 5.91 Å². The summed E-state index contributed by atoms with van der Waals surface area (Å²) < 4.78 is 0. The van der Waals surface area contributed by atoms with E-state index in [0.29, 0.717) is 12.5 Å². The molecular weight excluding hydrogens is 295 g/mol. The summed E-state index contributed by atoms with van der Waals surface area (Å²) in [4.78, 5) is 14.4. The number of carbonyl (C=O) groups is 1.